The molecule has 1 N–H and O–H groups in total. The summed E-state index contributed by atoms with van der Waals surface area (Å²) in [7, 11) is 1.59. The third kappa shape index (κ3) is 4.82. The Labute approximate surface area is 224 Å². The molecule has 188 valence electrons. The number of carbonyl (C=O) groups is 2. The minimum absolute atomic E-state index is 0.131. The van der Waals surface area contributed by atoms with E-state index >= 15 is 0 Å². The van der Waals surface area contributed by atoms with E-state index in [2.05, 4.69) is 5.32 Å². The van der Waals surface area contributed by atoms with Gasteiger partial charge in [-0.15, -0.1) is 0 Å². The minimum atomic E-state index is -0.968. The van der Waals surface area contributed by atoms with Gasteiger partial charge < -0.3 is 10.1 Å². The van der Waals surface area contributed by atoms with Gasteiger partial charge in [0.05, 0.1) is 35.0 Å². The molecular formula is C28H25ClN4O3S. The molecular weight excluding hydrogens is 508 g/mol. The zero-order valence-corrected chi connectivity index (χ0v) is 21.9. The number of nitrogens with one attached hydrogen (secondary N) is 1. The molecule has 1 aromatic heterocycles. The molecule has 7 nitrogen and oxygen atoms in total. The van der Waals surface area contributed by atoms with Gasteiger partial charge in [0.25, 0.3) is 0 Å². The van der Waals surface area contributed by atoms with Crippen LogP contribution in [-0.2, 0) is 16.1 Å². The van der Waals surface area contributed by atoms with Gasteiger partial charge >= 0.3 is 0 Å². The number of carbonyl (C=O) groups excluding carboxylic acids is 2. The van der Waals surface area contributed by atoms with Gasteiger partial charge in [-0.2, -0.15) is 5.10 Å². The molecule has 4 aromatic rings. The number of thioether (sulfide) groups is 1. The SMILES string of the molecule is COc1ccccc1CNC(=O)C1c2c(C)nn(-c3ccccc3)c2SCC(=O)N1c1ccccc1Cl. The number of amides is 2. The maximum absolute atomic E-state index is 14.0. The summed E-state index contributed by atoms with van der Waals surface area (Å²) >= 11 is 7.93. The highest BCUT2D eigenvalue weighted by atomic mass is 35.5. The molecule has 1 aliphatic rings. The molecule has 0 spiro atoms. The van der Waals surface area contributed by atoms with E-state index in [9.17, 15) is 9.59 Å². The first-order valence-corrected chi connectivity index (χ1v) is 13.1. The number of fused-ring (bicyclic) bond motifs is 1. The van der Waals surface area contributed by atoms with Gasteiger partial charge in [-0.05, 0) is 37.3 Å². The average molecular weight is 533 g/mol. The Morgan fingerprint density at radius 3 is 2.54 bits per heavy atom. The van der Waals surface area contributed by atoms with Crippen LogP contribution in [0.2, 0.25) is 5.02 Å². The lowest BCUT2D eigenvalue weighted by molar-refractivity contribution is -0.126. The molecule has 3 aromatic carbocycles. The van der Waals surface area contributed by atoms with Crippen LogP contribution in [0.3, 0.4) is 0 Å². The molecule has 0 bridgehead atoms. The fraction of sp³-hybridized carbons (Fsp3) is 0.179. The molecule has 0 aliphatic carbocycles. The number of methoxy groups -OCH3 is 1. The monoisotopic (exact) mass is 532 g/mol. The third-order valence-corrected chi connectivity index (χ3v) is 7.58. The van der Waals surface area contributed by atoms with Crippen molar-refractivity contribution in [1.29, 1.82) is 0 Å². The zero-order chi connectivity index (χ0) is 25.9. The first-order valence-electron chi connectivity index (χ1n) is 11.7. The molecule has 37 heavy (non-hydrogen) atoms. The molecule has 1 aliphatic heterocycles. The summed E-state index contributed by atoms with van der Waals surface area (Å²) in [4.78, 5) is 29.1. The molecule has 0 fully saturated rings. The van der Waals surface area contributed by atoms with Gasteiger partial charge in [-0.1, -0.05) is 71.9 Å². The van der Waals surface area contributed by atoms with E-state index in [1.165, 1.54) is 16.7 Å². The Bertz CT molecular complexity index is 1460. The summed E-state index contributed by atoms with van der Waals surface area (Å²) in [5.74, 6) is 0.253. The van der Waals surface area contributed by atoms with Gasteiger partial charge in [-0.3, -0.25) is 14.5 Å². The van der Waals surface area contributed by atoms with Crippen LogP contribution >= 0.6 is 23.4 Å². The second kappa shape index (κ2) is 10.7. The van der Waals surface area contributed by atoms with Crippen molar-refractivity contribution in [3.63, 3.8) is 0 Å². The Balaban J connectivity index is 1.62. The molecule has 1 atom stereocenters. The number of hydrogen-bond acceptors (Lipinski definition) is 5. The van der Waals surface area contributed by atoms with Crippen LogP contribution in [-0.4, -0.2) is 34.5 Å². The molecule has 2 amide bonds. The normalized spacial score (nSPS) is 15.2. The summed E-state index contributed by atoms with van der Waals surface area (Å²) in [6, 6.07) is 23.3. The first kappa shape index (κ1) is 24.9. The van der Waals surface area contributed by atoms with Crippen molar-refractivity contribution in [3.8, 4) is 11.4 Å². The number of anilines is 1. The van der Waals surface area contributed by atoms with Crippen LogP contribution in [0.15, 0.2) is 83.9 Å². The quantitative estimate of drug-likeness (QED) is 0.363. The smallest absolute Gasteiger partial charge is 0.248 e. The number of benzene rings is 3. The van der Waals surface area contributed by atoms with E-state index in [0.717, 1.165) is 16.3 Å². The van der Waals surface area contributed by atoms with Crippen LogP contribution in [0.4, 0.5) is 5.69 Å². The maximum atomic E-state index is 14.0. The van der Waals surface area contributed by atoms with Crippen LogP contribution in [0.1, 0.15) is 22.9 Å². The lowest BCUT2D eigenvalue weighted by Gasteiger charge is -2.30. The van der Waals surface area contributed by atoms with Crippen LogP contribution in [0, 0.1) is 6.92 Å². The molecule has 9 heteroatoms. The largest absolute Gasteiger partial charge is 0.496 e. The van der Waals surface area contributed by atoms with E-state index in [1.54, 1.807) is 36.1 Å². The van der Waals surface area contributed by atoms with Crippen molar-refractivity contribution in [2.45, 2.75) is 24.5 Å². The van der Waals surface area contributed by atoms with Crippen LogP contribution < -0.4 is 15.0 Å². The van der Waals surface area contributed by atoms with Crippen molar-refractivity contribution in [2.75, 3.05) is 17.8 Å². The fourth-order valence-corrected chi connectivity index (χ4v) is 5.80. The predicted molar refractivity (Wildman–Crippen MR) is 146 cm³/mol. The lowest BCUT2D eigenvalue weighted by atomic mass is 10.0. The van der Waals surface area contributed by atoms with Crippen molar-refractivity contribution < 1.29 is 14.3 Å². The van der Waals surface area contributed by atoms with Gasteiger partial charge in [0, 0.05) is 17.7 Å². The summed E-state index contributed by atoms with van der Waals surface area (Å²) in [5, 5.41) is 8.95. The van der Waals surface area contributed by atoms with Gasteiger partial charge in [-0.25, -0.2) is 4.68 Å². The lowest BCUT2D eigenvalue weighted by Crippen LogP contribution is -2.44. The Hall–Kier alpha value is -3.75. The van der Waals surface area contributed by atoms with Gasteiger partial charge in [0.2, 0.25) is 11.8 Å². The van der Waals surface area contributed by atoms with Crippen molar-refractivity contribution in [3.05, 3.63) is 101 Å². The average Bonchev–Trinajstić information content (AvgIpc) is 3.16. The van der Waals surface area contributed by atoms with Crippen molar-refractivity contribution in [1.82, 2.24) is 15.1 Å². The second-order valence-corrected chi connectivity index (χ2v) is 9.86. The highest BCUT2D eigenvalue weighted by molar-refractivity contribution is 8.00. The number of para-hydroxylation sites is 3. The molecule has 5 rings (SSSR count). The Morgan fingerprint density at radius 2 is 1.78 bits per heavy atom. The molecule has 2 heterocycles. The van der Waals surface area contributed by atoms with Crippen molar-refractivity contribution >= 4 is 40.9 Å². The summed E-state index contributed by atoms with van der Waals surface area (Å²) in [6.45, 7) is 2.10. The van der Waals surface area contributed by atoms with Crippen LogP contribution in [0.5, 0.6) is 5.75 Å². The number of halogens is 1. The maximum Gasteiger partial charge on any atom is 0.248 e. The van der Waals surface area contributed by atoms with E-state index in [1.807, 2.05) is 61.5 Å². The number of hydrogen-bond donors (Lipinski definition) is 1. The molecule has 0 saturated heterocycles. The summed E-state index contributed by atoms with van der Waals surface area (Å²) in [6.07, 6.45) is 0. The highest BCUT2D eigenvalue weighted by Crippen LogP contribution is 2.42. The van der Waals surface area contributed by atoms with E-state index in [-0.39, 0.29) is 24.1 Å². The number of aromatic nitrogens is 2. The standard InChI is InChI=1S/C28H25ClN4O3S/c1-18-25-26(27(35)30-16-19-10-6-9-15-23(19)36-2)32(22-14-8-7-13-21(22)29)24(34)17-37-28(25)33(31-18)20-11-4-3-5-12-20/h3-15,26H,16-17H2,1-2H3,(H,30,35). The van der Waals surface area contributed by atoms with Crippen LogP contribution in [0.25, 0.3) is 5.69 Å². The van der Waals surface area contributed by atoms with Gasteiger partial charge in [0.1, 0.15) is 16.8 Å². The number of ether oxygens (including phenoxy) is 1. The number of nitrogens with zero attached hydrogens (tertiary/aromatic N) is 3. The third-order valence-electron chi connectivity index (χ3n) is 6.20. The zero-order valence-electron chi connectivity index (χ0n) is 20.3. The van der Waals surface area contributed by atoms with E-state index < -0.39 is 6.04 Å². The first-order chi connectivity index (χ1) is 18.0. The van der Waals surface area contributed by atoms with Crippen molar-refractivity contribution in [2.24, 2.45) is 0 Å². The summed E-state index contributed by atoms with van der Waals surface area (Å²) in [5.41, 5.74) is 3.50. The molecule has 1 unspecified atom stereocenters. The van der Waals surface area contributed by atoms with E-state index in [0.29, 0.717) is 27.7 Å². The van der Waals surface area contributed by atoms with E-state index in [4.69, 9.17) is 21.4 Å². The topological polar surface area (TPSA) is 76.5 Å². The Morgan fingerprint density at radius 1 is 1.08 bits per heavy atom. The highest BCUT2D eigenvalue weighted by Gasteiger charge is 2.41. The number of aryl methyl sites for hydroxylation is 1. The fourth-order valence-electron chi connectivity index (χ4n) is 4.49. The summed E-state index contributed by atoms with van der Waals surface area (Å²) < 4.78 is 7.25. The minimum Gasteiger partial charge on any atom is -0.496 e. The Kier molecular flexibility index (Phi) is 7.21. The van der Waals surface area contributed by atoms with Gasteiger partial charge in [0.15, 0.2) is 0 Å². The predicted octanol–water partition coefficient (Wildman–Crippen LogP) is 5.34. The molecule has 0 saturated carbocycles. The molecule has 0 radical (unpaired) electrons. The second-order valence-electron chi connectivity index (χ2n) is 8.49. The number of rotatable bonds is 6.